The summed E-state index contributed by atoms with van der Waals surface area (Å²) in [7, 11) is 0. The fraction of sp³-hybridized carbons (Fsp3) is 0.100. The molecule has 4 heteroatoms. The topological polar surface area (TPSA) is 12.9 Å². The van der Waals surface area contributed by atoms with E-state index in [1.165, 1.54) is 23.5 Å². The Morgan fingerprint density at radius 1 is 1.43 bits per heavy atom. The zero-order valence-electron chi connectivity index (χ0n) is 7.27. The van der Waals surface area contributed by atoms with E-state index in [2.05, 4.69) is 17.6 Å². The van der Waals surface area contributed by atoms with Crippen molar-refractivity contribution in [1.29, 1.82) is 0 Å². The van der Waals surface area contributed by atoms with Gasteiger partial charge in [0, 0.05) is 16.7 Å². The third kappa shape index (κ3) is 1.96. The van der Waals surface area contributed by atoms with Crippen molar-refractivity contribution in [1.82, 2.24) is 4.98 Å². The Morgan fingerprint density at radius 2 is 2.29 bits per heavy atom. The Hall–Kier alpha value is -0.870. The summed E-state index contributed by atoms with van der Waals surface area (Å²) >= 11 is 5.64. The van der Waals surface area contributed by atoms with E-state index in [1.54, 1.807) is 6.07 Å². The lowest BCUT2D eigenvalue weighted by molar-refractivity contribution is 0.628. The summed E-state index contributed by atoms with van der Waals surface area (Å²) in [5, 5.41) is 2.78. The molecule has 0 amide bonds. The molecule has 1 aromatic carbocycles. The lowest BCUT2D eigenvalue weighted by Crippen LogP contribution is -1.80. The number of thiazole rings is 1. The molecule has 1 aromatic heterocycles. The van der Waals surface area contributed by atoms with Crippen molar-refractivity contribution < 1.29 is 4.39 Å². The van der Waals surface area contributed by atoms with Gasteiger partial charge in [-0.1, -0.05) is 12.1 Å². The Kier molecular flexibility index (Phi) is 2.84. The standard InChI is InChI=1S/C10H8FNS2/c11-8-3-1-2-7(4-8)10-12-9(5-13)6-14-10/h1-4,6,13H,5H2. The number of hydrogen-bond donors (Lipinski definition) is 1. The maximum absolute atomic E-state index is 12.9. The number of rotatable bonds is 2. The molecular weight excluding hydrogens is 217 g/mol. The Labute approximate surface area is 91.0 Å². The van der Waals surface area contributed by atoms with E-state index in [1.807, 2.05) is 11.4 Å². The highest BCUT2D eigenvalue weighted by Crippen LogP contribution is 2.24. The predicted octanol–water partition coefficient (Wildman–Crippen LogP) is 3.38. The molecule has 1 nitrogen and oxygen atoms in total. The van der Waals surface area contributed by atoms with Crippen LogP contribution in [0, 0.1) is 5.82 Å². The van der Waals surface area contributed by atoms with Gasteiger partial charge in [0.2, 0.25) is 0 Å². The van der Waals surface area contributed by atoms with Crippen molar-refractivity contribution in [3.05, 3.63) is 41.2 Å². The molecule has 0 bridgehead atoms. The minimum Gasteiger partial charge on any atom is -0.240 e. The van der Waals surface area contributed by atoms with Gasteiger partial charge in [-0.3, -0.25) is 0 Å². The quantitative estimate of drug-likeness (QED) is 0.773. The van der Waals surface area contributed by atoms with Crippen LogP contribution < -0.4 is 0 Å². The van der Waals surface area contributed by atoms with Gasteiger partial charge in [0.05, 0.1) is 5.69 Å². The van der Waals surface area contributed by atoms with E-state index in [0.717, 1.165) is 16.3 Å². The lowest BCUT2D eigenvalue weighted by Gasteiger charge is -1.95. The fourth-order valence-corrected chi connectivity index (χ4v) is 2.24. The summed E-state index contributed by atoms with van der Waals surface area (Å²) < 4.78 is 12.9. The van der Waals surface area contributed by atoms with Gasteiger partial charge in [-0.15, -0.1) is 11.3 Å². The van der Waals surface area contributed by atoms with Crippen molar-refractivity contribution >= 4 is 24.0 Å². The summed E-state index contributed by atoms with van der Waals surface area (Å²) in [5.41, 5.74) is 1.75. The predicted molar refractivity (Wildman–Crippen MR) is 60.2 cm³/mol. The molecule has 0 fully saturated rings. The van der Waals surface area contributed by atoms with E-state index in [9.17, 15) is 4.39 Å². The highest BCUT2D eigenvalue weighted by Gasteiger charge is 2.03. The third-order valence-electron chi connectivity index (χ3n) is 1.79. The maximum atomic E-state index is 12.9. The van der Waals surface area contributed by atoms with Gasteiger partial charge in [0.25, 0.3) is 0 Å². The van der Waals surface area contributed by atoms with Gasteiger partial charge in [-0.25, -0.2) is 9.37 Å². The molecule has 0 saturated carbocycles. The minimum absolute atomic E-state index is 0.231. The third-order valence-corrected chi connectivity index (χ3v) is 3.05. The number of halogens is 1. The molecule has 0 aliphatic carbocycles. The van der Waals surface area contributed by atoms with Crippen LogP contribution >= 0.6 is 24.0 Å². The van der Waals surface area contributed by atoms with Crippen LogP contribution in [0.3, 0.4) is 0 Å². The fourth-order valence-electron chi connectivity index (χ4n) is 1.13. The van der Waals surface area contributed by atoms with Crippen LogP contribution in [0.2, 0.25) is 0 Å². The highest BCUT2D eigenvalue weighted by atomic mass is 32.1. The Bertz CT molecular complexity index is 439. The first-order valence-corrected chi connectivity index (χ1v) is 5.62. The summed E-state index contributed by atoms with van der Waals surface area (Å²) in [6, 6.07) is 6.45. The summed E-state index contributed by atoms with van der Waals surface area (Å²) in [5.74, 6) is 0.386. The SMILES string of the molecule is Fc1cccc(-c2nc(CS)cs2)c1. The normalized spacial score (nSPS) is 10.4. The van der Waals surface area contributed by atoms with Crippen LogP contribution in [0.4, 0.5) is 4.39 Å². The average molecular weight is 225 g/mol. The Morgan fingerprint density at radius 3 is 2.93 bits per heavy atom. The van der Waals surface area contributed by atoms with Crippen molar-refractivity contribution in [3.63, 3.8) is 0 Å². The largest absolute Gasteiger partial charge is 0.240 e. The number of thiol groups is 1. The van der Waals surface area contributed by atoms with Gasteiger partial charge in [0.1, 0.15) is 10.8 Å². The van der Waals surface area contributed by atoms with E-state index >= 15 is 0 Å². The average Bonchev–Trinajstić information content (AvgIpc) is 2.66. The van der Waals surface area contributed by atoms with Crippen LogP contribution in [0.1, 0.15) is 5.69 Å². The zero-order valence-corrected chi connectivity index (χ0v) is 8.99. The number of aromatic nitrogens is 1. The summed E-state index contributed by atoms with van der Waals surface area (Å²) in [4.78, 5) is 4.32. The van der Waals surface area contributed by atoms with Gasteiger partial charge in [0.15, 0.2) is 0 Å². The van der Waals surface area contributed by atoms with E-state index in [0.29, 0.717) is 5.75 Å². The molecular formula is C10H8FNS2. The molecule has 0 N–H and O–H groups in total. The second kappa shape index (κ2) is 4.11. The molecule has 2 rings (SSSR count). The van der Waals surface area contributed by atoms with Crippen LogP contribution in [0.5, 0.6) is 0 Å². The van der Waals surface area contributed by atoms with Gasteiger partial charge >= 0.3 is 0 Å². The first kappa shape index (κ1) is 9.68. The first-order valence-electron chi connectivity index (χ1n) is 4.11. The zero-order chi connectivity index (χ0) is 9.97. The lowest BCUT2D eigenvalue weighted by atomic mass is 10.2. The van der Waals surface area contributed by atoms with Crippen molar-refractivity contribution in [2.24, 2.45) is 0 Å². The van der Waals surface area contributed by atoms with Crippen LogP contribution in [0.15, 0.2) is 29.6 Å². The maximum Gasteiger partial charge on any atom is 0.123 e. The van der Waals surface area contributed by atoms with E-state index in [-0.39, 0.29) is 5.82 Å². The monoisotopic (exact) mass is 225 g/mol. The van der Waals surface area contributed by atoms with Crippen LogP contribution in [-0.4, -0.2) is 4.98 Å². The summed E-state index contributed by atoms with van der Waals surface area (Å²) in [6.07, 6.45) is 0. The van der Waals surface area contributed by atoms with Crippen molar-refractivity contribution in [2.45, 2.75) is 5.75 Å². The summed E-state index contributed by atoms with van der Waals surface area (Å²) in [6.45, 7) is 0. The molecule has 0 atom stereocenters. The second-order valence-corrected chi connectivity index (χ2v) is 3.99. The van der Waals surface area contributed by atoms with E-state index in [4.69, 9.17) is 0 Å². The first-order chi connectivity index (χ1) is 6.79. The molecule has 14 heavy (non-hydrogen) atoms. The van der Waals surface area contributed by atoms with Gasteiger partial charge < -0.3 is 0 Å². The van der Waals surface area contributed by atoms with Gasteiger partial charge in [-0.2, -0.15) is 12.6 Å². The smallest absolute Gasteiger partial charge is 0.123 e. The van der Waals surface area contributed by atoms with E-state index < -0.39 is 0 Å². The van der Waals surface area contributed by atoms with Crippen molar-refractivity contribution in [2.75, 3.05) is 0 Å². The molecule has 2 aromatic rings. The molecule has 0 radical (unpaired) electrons. The van der Waals surface area contributed by atoms with Crippen molar-refractivity contribution in [3.8, 4) is 10.6 Å². The molecule has 0 aliphatic heterocycles. The molecule has 0 unspecified atom stereocenters. The molecule has 1 heterocycles. The number of hydrogen-bond acceptors (Lipinski definition) is 3. The molecule has 0 saturated heterocycles. The Balaban J connectivity index is 2.39. The van der Waals surface area contributed by atoms with Crippen LogP contribution in [0.25, 0.3) is 10.6 Å². The van der Waals surface area contributed by atoms with Gasteiger partial charge in [-0.05, 0) is 12.1 Å². The second-order valence-electron chi connectivity index (χ2n) is 2.81. The number of nitrogens with zero attached hydrogens (tertiary/aromatic N) is 1. The molecule has 0 aliphatic rings. The highest BCUT2D eigenvalue weighted by molar-refractivity contribution is 7.79. The minimum atomic E-state index is -0.231. The molecule has 72 valence electrons. The molecule has 0 spiro atoms. The number of benzene rings is 1. The van der Waals surface area contributed by atoms with Crippen LogP contribution in [-0.2, 0) is 5.75 Å².